The first-order valence-corrected chi connectivity index (χ1v) is 5.40. The number of aryl methyl sites for hydroxylation is 1. The van der Waals surface area contributed by atoms with Crippen LogP contribution in [0.4, 0.5) is 0 Å². The van der Waals surface area contributed by atoms with Crippen LogP contribution in [0.1, 0.15) is 18.9 Å². The summed E-state index contributed by atoms with van der Waals surface area (Å²) >= 11 is 0. The van der Waals surface area contributed by atoms with Crippen molar-refractivity contribution in [3.05, 3.63) is 23.8 Å². The SMILES string of the molecule is C[C@H](N)CCc1ccc2c(c1)OCCO2. The van der Waals surface area contributed by atoms with Gasteiger partial charge in [-0.25, -0.2) is 0 Å². The maximum absolute atomic E-state index is 5.72. The molecule has 1 aliphatic rings. The number of rotatable bonds is 3. The Labute approximate surface area is 90.2 Å². The highest BCUT2D eigenvalue weighted by Gasteiger charge is 2.11. The van der Waals surface area contributed by atoms with Gasteiger partial charge in [0.05, 0.1) is 0 Å². The number of ether oxygens (including phenoxy) is 2. The molecule has 0 bridgehead atoms. The van der Waals surface area contributed by atoms with Crippen LogP contribution in [0.15, 0.2) is 18.2 Å². The maximum Gasteiger partial charge on any atom is 0.161 e. The van der Waals surface area contributed by atoms with Crippen molar-refractivity contribution in [2.75, 3.05) is 13.2 Å². The van der Waals surface area contributed by atoms with Gasteiger partial charge in [0.25, 0.3) is 0 Å². The molecular formula is C12H17NO2. The van der Waals surface area contributed by atoms with E-state index in [0.29, 0.717) is 13.2 Å². The smallest absolute Gasteiger partial charge is 0.161 e. The third-order valence-electron chi connectivity index (χ3n) is 2.49. The number of hydrogen-bond acceptors (Lipinski definition) is 3. The molecule has 1 aromatic rings. The molecule has 1 atom stereocenters. The standard InChI is InChI=1S/C12H17NO2/c1-9(13)2-3-10-4-5-11-12(8-10)15-7-6-14-11/h4-5,8-9H,2-3,6-7,13H2,1H3/t9-/m0/s1. The molecule has 0 aliphatic carbocycles. The summed E-state index contributed by atoms with van der Waals surface area (Å²) in [6, 6.07) is 6.36. The number of hydrogen-bond donors (Lipinski definition) is 1. The molecule has 0 fully saturated rings. The van der Waals surface area contributed by atoms with Gasteiger partial charge in [0.2, 0.25) is 0 Å². The summed E-state index contributed by atoms with van der Waals surface area (Å²) in [7, 11) is 0. The molecule has 82 valence electrons. The van der Waals surface area contributed by atoms with Crippen LogP contribution in [-0.4, -0.2) is 19.3 Å². The van der Waals surface area contributed by atoms with Crippen molar-refractivity contribution in [2.45, 2.75) is 25.8 Å². The fourth-order valence-corrected chi connectivity index (χ4v) is 1.64. The topological polar surface area (TPSA) is 44.5 Å². The lowest BCUT2D eigenvalue weighted by Crippen LogP contribution is -2.16. The Morgan fingerprint density at radius 3 is 2.73 bits per heavy atom. The second-order valence-electron chi connectivity index (χ2n) is 3.99. The van der Waals surface area contributed by atoms with Crippen molar-refractivity contribution in [3.63, 3.8) is 0 Å². The van der Waals surface area contributed by atoms with Crippen molar-refractivity contribution in [3.8, 4) is 11.5 Å². The summed E-state index contributed by atoms with van der Waals surface area (Å²) in [6.45, 7) is 3.31. The fraction of sp³-hybridized carbons (Fsp3) is 0.500. The predicted molar refractivity (Wildman–Crippen MR) is 59.4 cm³/mol. The van der Waals surface area contributed by atoms with Gasteiger partial charge in [-0.1, -0.05) is 6.07 Å². The van der Waals surface area contributed by atoms with E-state index in [1.807, 2.05) is 13.0 Å². The first-order chi connectivity index (χ1) is 7.25. The van der Waals surface area contributed by atoms with Crippen molar-refractivity contribution < 1.29 is 9.47 Å². The largest absolute Gasteiger partial charge is 0.486 e. The Balaban J connectivity index is 2.07. The van der Waals surface area contributed by atoms with Crippen LogP contribution in [0, 0.1) is 0 Å². The molecule has 3 nitrogen and oxygen atoms in total. The molecule has 0 saturated carbocycles. The number of benzene rings is 1. The molecule has 0 saturated heterocycles. The Hall–Kier alpha value is -1.22. The van der Waals surface area contributed by atoms with Crippen LogP contribution in [-0.2, 0) is 6.42 Å². The minimum absolute atomic E-state index is 0.248. The minimum atomic E-state index is 0.248. The minimum Gasteiger partial charge on any atom is -0.486 e. The first kappa shape index (κ1) is 10.3. The molecule has 0 spiro atoms. The zero-order chi connectivity index (χ0) is 10.7. The Morgan fingerprint density at radius 2 is 2.00 bits per heavy atom. The van der Waals surface area contributed by atoms with Crippen molar-refractivity contribution >= 4 is 0 Å². The van der Waals surface area contributed by atoms with Crippen LogP contribution in [0.25, 0.3) is 0 Å². The van der Waals surface area contributed by atoms with Crippen molar-refractivity contribution in [1.29, 1.82) is 0 Å². The molecule has 0 aromatic heterocycles. The van der Waals surface area contributed by atoms with E-state index in [1.165, 1.54) is 5.56 Å². The summed E-state index contributed by atoms with van der Waals surface area (Å²) in [4.78, 5) is 0. The summed E-state index contributed by atoms with van der Waals surface area (Å²) in [5.41, 5.74) is 6.98. The summed E-state index contributed by atoms with van der Waals surface area (Å²) in [6.07, 6.45) is 1.99. The monoisotopic (exact) mass is 207 g/mol. The van der Waals surface area contributed by atoms with Crippen LogP contribution >= 0.6 is 0 Å². The van der Waals surface area contributed by atoms with Gasteiger partial charge < -0.3 is 15.2 Å². The van der Waals surface area contributed by atoms with Gasteiger partial charge in [-0.2, -0.15) is 0 Å². The average molecular weight is 207 g/mol. The third kappa shape index (κ3) is 2.63. The van der Waals surface area contributed by atoms with E-state index in [9.17, 15) is 0 Å². The second-order valence-corrected chi connectivity index (χ2v) is 3.99. The summed E-state index contributed by atoms with van der Waals surface area (Å²) in [5.74, 6) is 1.72. The first-order valence-electron chi connectivity index (χ1n) is 5.40. The summed E-state index contributed by atoms with van der Waals surface area (Å²) < 4.78 is 11.0. The molecule has 0 radical (unpaired) electrons. The fourth-order valence-electron chi connectivity index (χ4n) is 1.64. The highest BCUT2D eigenvalue weighted by Crippen LogP contribution is 2.31. The van der Waals surface area contributed by atoms with Gasteiger partial charge in [0, 0.05) is 6.04 Å². The van der Waals surface area contributed by atoms with Crippen LogP contribution in [0.3, 0.4) is 0 Å². The van der Waals surface area contributed by atoms with E-state index in [-0.39, 0.29) is 6.04 Å². The average Bonchev–Trinajstić information content (AvgIpc) is 2.26. The molecule has 1 aromatic carbocycles. The summed E-state index contributed by atoms with van der Waals surface area (Å²) in [5, 5.41) is 0. The molecule has 0 unspecified atom stereocenters. The third-order valence-corrected chi connectivity index (χ3v) is 2.49. The zero-order valence-corrected chi connectivity index (χ0v) is 9.03. The molecule has 1 heterocycles. The van der Waals surface area contributed by atoms with Gasteiger partial charge in [0.15, 0.2) is 11.5 Å². The van der Waals surface area contributed by atoms with Gasteiger partial charge in [0.1, 0.15) is 13.2 Å². The van der Waals surface area contributed by atoms with Crippen LogP contribution in [0.2, 0.25) is 0 Å². The molecule has 2 N–H and O–H groups in total. The van der Waals surface area contributed by atoms with E-state index in [4.69, 9.17) is 15.2 Å². The van der Waals surface area contributed by atoms with Gasteiger partial charge in [-0.3, -0.25) is 0 Å². The van der Waals surface area contributed by atoms with Crippen molar-refractivity contribution in [1.82, 2.24) is 0 Å². The van der Waals surface area contributed by atoms with E-state index < -0.39 is 0 Å². The molecule has 15 heavy (non-hydrogen) atoms. The van der Waals surface area contributed by atoms with Gasteiger partial charge >= 0.3 is 0 Å². The number of nitrogens with two attached hydrogens (primary N) is 1. The lowest BCUT2D eigenvalue weighted by molar-refractivity contribution is 0.171. The highest BCUT2D eigenvalue weighted by molar-refractivity contribution is 5.43. The number of fused-ring (bicyclic) bond motifs is 1. The molecule has 3 heteroatoms. The predicted octanol–water partition coefficient (Wildman–Crippen LogP) is 1.74. The van der Waals surface area contributed by atoms with E-state index in [1.54, 1.807) is 0 Å². The zero-order valence-electron chi connectivity index (χ0n) is 9.03. The Morgan fingerprint density at radius 1 is 1.27 bits per heavy atom. The van der Waals surface area contributed by atoms with Crippen LogP contribution < -0.4 is 15.2 Å². The lowest BCUT2D eigenvalue weighted by atomic mass is 10.1. The normalized spacial score (nSPS) is 16.1. The molecule has 0 amide bonds. The second kappa shape index (κ2) is 4.53. The lowest BCUT2D eigenvalue weighted by Gasteiger charge is -2.19. The van der Waals surface area contributed by atoms with E-state index >= 15 is 0 Å². The van der Waals surface area contributed by atoms with Crippen LogP contribution in [0.5, 0.6) is 11.5 Å². The quantitative estimate of drug-likeness (QED) is 0.821. The Bertz CT molecular complexity index is 336. The van der Waals surface area contributed by atoms with Crippen molar-refractivity contribution in [2.24, 2.45) is 5.73 Å². The Kier molecular flexibility index (Phi) is 3.11. The van der Waals surface area contributed by atoms with E-state index in [2.05, 4.69) is 12.1 Å². The molecular weight excluding hydrogens is 190 g/mol. The maximum atomic E-state index is 5.72. The molecule has 1 aliphatic heterocycles. The van der Waals surface area contributed by atoms with Gasteiger partial charge in [-0.05, 0) is 37.5 Å². The molecule has 2 rings (SSSR count). The van der Waals surface area contributed by atoms with Gasteiger partial charge in [-0.15, -0.1) is 0 Å². The highest BCUT2D eigenvalue weighted by atomic mass is 16.6. The van der Waals surface area contributed by atoms with E-state index in [0.717, 1.165) is 24.3 Å².